The van der Waals surface area contributed by atoms with E-state index in [-0.39, 0.29) is 42.6 Å². The van der Waals surface area contributed by atoms with Crippen LogP contribution >= 0.6 is 11.3 Å². The molecule has 1 heterocycles. The smallest absolute Gasteiger partial charge is 0.245 e. The number of rotatable bonds is 8. The van der Waals surface area contributed by atoms with Gasteiger partial charge in [-0.15, -0.1) is 11.3 Å². The molecule has 2 aliphatic rings. The van der Waals surface area contributed by atoms with E-state index >= 15 is 0 Å². The highest BCUT2D eigenvalue weighted by molar-refractivity contribution is 7.13. The molecule has 3 amide bonds. The van der Waals surface area contributed by atoms with Crippen molar-refractivity contribution in [1.29, 1.82) is 0 Å². The zero-order chi connectivity index (χ0) is 22.5. The van der Waals surface area contributed by atoms with E-state index in [1.54, 1.807) is 10.3 Å². The molecule has 4 rings (SSSR count). The summed E-state index contributed by atoms with van der Waals surface area (Å²) < 4.78 is 0. The van der Waals surface area contributed by atoms with Crippen LogP contribution < -0.4 is 10.6 Å². The zero-order valence-electron chi connectivity index (χ0n) is 18.4. The second-order valence-electron chi connectivity index (χ2n) is 8.82. The molecule has 1 aromatic heterocycles. The Bertz CT molecular complexity index is 962. The summed E-state index contributed by atoms with van der Waals surface area (Å²) in [5.74, 6) is -0.188. The van der Waals surface area contributed by atoms with E-state index in [1.807, 2.05) is 31.2 Å². The lowest BCUT2D eigenvalue weighted by atomic mass is 9.88. The van der Waals surface area contributed by atoms with E-state index in [9.17, 15) is 14.4 Å². The van der Waals surface area contributed by atoms with Crippen molar-refractivity contribution in [2.75, 3.05) is 17.2 Å². The number of carbonyl (C=O) groups excluding carboxylic acids is 3. The van der Waals surface area contributed by atoms with Crippen molar-refractivity contribution in [2.45, 2.75) is 64.3 Å². The molecule has 32 heavy (non-hydrogen) atoms. The van der Waals surface area contributed by atoms with Gasteiger partial charge in [0.05, 0.1) is 12.1 Å². The van der Waals surface area contributed by atoms with Crippen molar-refractivity contribution in [3.63, 3.8) is 0 Å². The summed E-state index contributed by atoms with van der Waals surface area (Å²) in [6, 6.07) is 7.80. The molecule has 0 aliphatic heterocycles. The first-order valence-electron chi connectivity index (χ1n) is 11.4. The number of hydrogen-bond acceptors (Lipinski definition) is 5. The molecular formula is C24H30N4O3S. The summed E-state index contributed by atoms with van der Waals surface area (Å²) in [5, 5.41) is 7.88. The van der Waals surface area contributed by atoms with Crippen molar-refractivity contribution in [3.05, 3.63) is 40.9 Å². The number of aryl methyl sites for hydroxylation is 1. The van der Waals surface area contributed by atoms with Crippen LogP contribution in [0.5, 0.6) is 0 Å². The average Bonchev–Trinajstić information content (AvgIpc) is 3.54. The first-order valence-corrected chi connectivity index (χ1v) is 12.3. The van der Waals surface area contributed by atoms with Crippen LogP contribution in [0.4, 0.5) is 10.8 Å². The maximum Gasteiger partial charge on any atom is 0.245 e. The molecule has 0 saturated heterocycles. The Labute approximate surface area is 192 Å². The summed E-state index contributed by atoms with van der Waals surface area (Å²) in [5.41, 5.74) is 2.47. The monoisotopic (exact) mass is 454 g/mol. The Morgan fingerprint density at radius 2 is 1.72 bits per heavy atom. The molecule has 2 aliphatic carbocycles. The summed E-state index contributed by atoms with van der Waals surface area (Å²) in [6.07, 6.45) is 7.35. The number of thiazole rings is 1. The third-order valence-corrected chi connectivity index (χ3v) is 6.82. The molecule has 170 valence electrons. The van der Waals surface area contributed by atoms with Gasteiger partial charge in [0.1, 0.15) is 6.54 Å². The van der Waals surface area contributed by atoms with E-state index in [0.29, 0.717) is 10.8 Å². The minimum absolute atomic E-state index is 0.0654. The number of benzene rings is 1. The summed E-state index contributed by atoms with van der Waals surface area (Å²) in [6.45, 7) is 2.06. The van der Waals surface area contributed by atoms with Crippen LogP contribution in [0.3, 0.4) is 0 Å². The van der Waals surface area contributed by atoms with Crippen LogP contribution in [0, 0.1) is 12.8 Å². The summed E-state index contributed by atoms with van der Waals surface area (Å²) in [7, 11) is 0. The number of anilines is 2. The Kier molecular flexibility index (Phi) is 7.19. The lowest BCUT2D eigenvalue weighted by Gasteiger charge is -2.28. The summed E-state index contributed by atoms with van der Waals surface area (Å²) >= 11 is 1.29. The number of nitrogens with one attached hydrogen (secondary N) is 2. The Balaban J connectivity index is 1.28. The highest BCUT2D eigenvalue weighted by Crippen LogP contribution is 2.32. The lowest BCUT2D eigenvalue weighted by Crippen LogP contribution is -2.43. The highest BCUT2D eigenvalue weighted by Gasteiger charge is 2.37. The van der Waals surface area contributed by atoms with Crippen LogP contribution in [-0.4, -0.2) is 40.2 Å². The van der Waals surface area contributed by atoms with E-state index < -0.39 is 0 Å². The minimum Gasteiger partial charge on any atom is -0.330 e. The second kappa shape index (κ2) is 10.3. The molecular weight excluding hydrogens is 424 g/mol. The van der Waals surface area contributed by atoms with Crippen molar-refractivity contribution in [1.82, 2.24) is 9.88 Å². The van der Waals surface area contributed by atoms with E-state index in [2.05, 4.69) is 15.6 Å². The van der Waals surface area contributed by atoms with Gasteiger partial charge in [-0.05, 0) is 44.7 Å². The summed E-state index contributed by atoms with van der Waals surface area (Å²) in [4.78, 5) is 44.0. The topological polar surface area (TPSA) is 91.4 Å². The van der Waals surface area contributed by atoms with Gasteiger partial charge in [-0.3, -0.25) is 14.4 Å². The van der Waals surface area contributed by atoms with E-state index in [0.717, 1.165) is 49.8 Å². The van der Waals surface area contributed by atoms with E-state index in [4.69, 9.17) is 0 Å². The van der Waals surface area contributed by atoms with Gasteiger partial charge in [-0.25, -0.2) is 4.98 Å². The first-order chi connectivity index (χ1) is 15.5. The lowest BCUT2D eigenvalue weighted by molar-refractivity contribution is -0.139. The largest absolute Gasteiger partial charge is 0.330 e. The molecule has 1 aromatic carbocycles. The van der Waals surface area contributed by atoms with Gasteiger partial charge in [0.15, 0.2) is 5.13 Å². The van der Waals surface area contributed by atoms with Gasteiger partial charge in [0.25, 0.3) is 0 Å². The SMILES string of the molecule is Cc1ccc(NC(=O)Cc2csc(NC(=O)CN(C(=O)C3CCCCC3)C3CC3)n2)cc1. The zero-order valence-corrected chi connectivity index (χ0v) is 19.2. The standard InChI is InChI=1S/C24H30N4O3S/c1-16-7-9-18(10-8-16)25-21(29)13-19-15-32-24(26-19)27-22(30)14-28(20-11-12-20)23(31)17-5-3-2-4-6-17/h7-10,15,17,20H,2-6,11-14H2,1H3,(H,25,29)(H,26,27,30). The van der Waals surface area contributed by atoms with Gasteiger partial charge >= 0.3 is 0 Å². The van der Waals surface area contributed by atoms with Crippen molar-refractivity contribution in [2.24, 2.45) is 5.92 Å². The van der Waals surface area contributed by atoms with Gasteiger partial charge in [0, 0.05) is 23.0 Å². The van der Waals surface area contributed by atoms with Crippen molar-refractivity contribution in [3.8, 4) is 0 Å². The van der Waals surface area contributed by atoms with Crippen molar-refractivity contribution < 1.29 is 14.4 Å². The molecule has 0 atom stereocenters. The van der Waals surface area contributed by atoms with Crippen LogP contribution in [-0.2, 0) is 20.8 Å². The van der Waals surface area contributed by atoms with Gasteiger partial charge in [-0.1, -0.05) is 37.0 Å². The molecule has 2 N–H and O–H groups in total. The quantitative estimate of drug-likeness (QED) is 0.627. The fraction of sp³-hybridized carbons (Fsp3) is 0.500. The first kappa shape index (κ1) is 22.5. The Morgan fingerprint density at radius 3 is 2.41 bits per heavy atom. The molecule has 8 heteroatoms. The van der Waals surface area contributed by atoms with Crippen LogP contribution in [0.15, 0.2) is 29.6 Å². The number of nitrogens with zero attached hydrogens (tertiary/aromatic N) is 2. The van der Waals surface area contributed by atoms with Gasteiger partial charge in [-0.2, -0.15) is 0 Å². The Morgan fingerprint density at radius 1 is 1.00 bits per heavy atom. The fourth-order valence-corrected chi connectivity index (χ4v) is 4.85. The van der Waals surface area contributed by atoms with Crippen molar-refractivity contribution >= 4 is 39.9 Å². The molecule has 0 radical (unpaired) electrons. The highest BCUT2D eigenvalue weighted by atomic mass is 32.1. The van der Waals surface area contributed by atoms with E-state index in [1.165, 1.54) is 17.8 Å². The predicted octanol–water partition coefficient (Wildman–Crippen LogP) is 4.14. The van der Waals surface area contributed by atoms with Crippen LogP contribution in [0.1, 0.15) is 56.2 Å². The molecule has 7 nitrogen and oxygen atoms in total. The molecule has 2 fully saturated rings. The third kappa shape index (κ3) is 6.16. The molecule has 0 bridgehead atoms. The number of carbonyl (C=O) groups is 3. The van der Waals surface area contributed by atoms with Crippen LogP contribution in [0.25, 0.3) is 0 Å². The molecule has 0 spiro atoms. The normalized spacial score (nSPS) is 16.4. The molecule has 2 aromatic rings. The van der Waals surface area contributed by atoms with Crippen LogP contribution in [0.2, 0.25) is 0 Å². The average molecular weight is 455 g/mol. The maximum atomic E-state index is 13.0. The maximum absolute atomic E-state index is 13.0. The minimum atomic E-state index is -0.230. The molecule has 0 unspecified atom stereocenters. The molecule has 2 saturated carbocycles. The number of aromatic nitrogens is 1. The van der Waals surface area contributed by atoms with Gasteiger partial charge < -0.3 is 15.5 Å². The number of hydrogen-bond donors (Lipinski definition) is 2. The third-order valence-electron chi connectivity index (χ3n) is 6.01. The second-order valence-corrected chi connectivity index (χ2v) is 9.67. The Hall–Kier alpha value is -2.74. The predicted molar refractivity (Wildman–Crippen MR) is 126 cm³/mol. The van der Waals surface area contributed by atoms with Gasteiger partial charge in [0.2, 0.25) is 17.7 Å². The fourth-order valence-electron chi connectivity index (χ4n) is 4.12. The number of amides is 3.